The van der Waals surface area contributed by atoms with E-state index < -0.39 is 31.3 Å². The number of hydrogen-bond acceptors (Lipinski definition) is 8. The molecule has 0 heterocycles. The standard InChI is InChI=1S/2C9H22N.2CHF3O3S.H4N2/c2*1-5-9-10(6-2,7-3)8-4;2*2-1(3,4)8(5,6)7;1-2/h2*5-9H2,1-4H3;2*(H,5,6,7);1-2H2/q2*+1;;;/p-2. The minimum absolute atomic E-state index is 1.29. The number of hydrogen-bond donors (Lipinski definition) is 2. The van der Waals surface area contributed by atoms with E-state index in [2.05, 4.69) is 67.1 Å². The summed E-state index contributed by atoms with van der Waals surface area (Å²) in [6.45, 7) is 28.8. The summed E-state index contributed by atoms with van der Waals surface area (Å²) in [4.78, 5) is 0. The largest absolute Gasteiger partial charge is 0.741 e. The van der Waals surface area contributed by atoms with Gasteiger partial charge in [0.25, 0.3) is 0 Å². The van der Waals surface area contributed by atoms with Crippen LogP contribution in [0, 0.1) is 0 Å². The van der Waals surface area contributed by atoms with Gasteiger partial charge in [0.2, 0.25) is 0 Å². The maximum Gasteiger partial charge on any atom is 0.485 e. The molecule has 0 aliphatic carbocycles. The molecule has 0 saturated carbocycles. The summed E-state index contributed by atoms with van der Waals surface area (Å²) in [7, 11) is -12.2. The van der Waals surface area contributed by atoms with E-state index in [0.717, 1.165) is 0 Å². The fraction of sp³-hybridized carbons (Fsp3) is 1.00. The van der Waals surface area contributed by atoms with E-state index in [4.69, 9.17) is 25.9 Å². The number of quaternary nitrogens is 2. The highest BCUT2D eigenvalue weighted by Crippen LogP contribution is 2.21. The molecule has 0 amide bonds. The molecular formula is C20H48F6N4O6S2. The van der Waals surface area contributed by atoms with Crippen LogP contribution in [0.15, 0.2) is 0 Å². The molecule has 0 unspecified atom stereocenters. The van der Waals surface area contributed by atoms with Crippen molar-refractivity contribution in [3.63, 3.8) is 0 Å². The molecule has 0 aromatic rings. The SMILES string of the molecule is CCC[N+](CC)(CC)CC.CCC[N+](CC)(CC)CC.NN.O=S(=O)([O-])C(F)(F)F.O=S(=O)([O-])C(F)(F)F. The van der Waals surface area contributed by atoms with Crippen molar-refractivity contribution in [1.29, 1.82) is 0 Å². The first-order valence-electron chi connectivity index (χ1n) is 12.1. The van der Waals surface area contributed by atoms with Crippen molar-refractivity contribution in [3.8, 4) is 0 Å². The first-order chi connectivity index (χ1) is 17.0. The molecule has 0 aliphatic rings. The number of rotatable bonds is 10. The summed E-state index contributed by atoms with van der Waals surface area (Å²) in [6.07, 6.45) is 2.63. The Kier molecular flexibility index (Phi) is 27.2. The molecular weight excluding hydrogens is 570 g/mol. The van der Waals surface area contributed by atoms with E-state index in [1.54, 1.807) is 0 Å². The zero-order valence-corrected chi connectivity index (χ0v) is 25.3. The summed E-state index contributed by atoms with van der Waals surface area (Å²) >= 11 is 0. The highest BCUT2D eigenvalue weighted by Gasteiger charge is 2.37. The van der Waals surface area contributed by atoms with Crippen molar-refractivity contribution in [1.82, 2.24) is 0 Å². The van der Waals surface area contributed by atoms with Crippen LogP contribution in [0.25, 0.3) is 0 Å². The number of nitrogens with two attached hydrogens (primary N) is 2. The van der Waals surface area contributed by atoms with Crippen LogP contribution in [0.5, 0.6) is 0 Å². The van der Waals surface area contributed by atoms with Gasteiger partial charge in [-0.05, 0) is 54.4 Å². The van der Waals surface area contributed by atoms with Gasteiger partial charge in [-0.3, -0.25) is 11.7 Å². The average Bonchev–Trinajstić information content (AvgIpc) is 2.81. The summed E-state index contributed by atoms with van der Waals surface area (Å²) in [5.41, 5.74) is -11.3. The van der Waals surface area contributed by atoms with Crippen molar-refractivity contribution < 1.29 is 61.2 Å². The molecule has 0 aromatic heterocycles. The van der Waals surface area contributed by atoms with Crippen molar-refractivity contribution in [2.24, 2.45) is 11.7 Å². The van der Waals surface area contributed by atoms with Crippen molar-refractivity contribution in [3.05, 3.63) is 0 Å². The van der Waals surface area contributed by atoms with Gasteiger partial charge in [0.1, 0.15) is 0 Å². The molecule has 0 saturated heterocycles. The second-order valence-corrected chi connectivity index (χ2v) is 10.6. The van der Waals surface area contributed by atoms with Crippen LogP contribution in [0.1, 0.15) is 68.2 Å². The van der Waals surface area contributed by atoms with Gasteiger partial charge in [0, 0.05) is 0 Å². The van der Waals surface area contributed by atoms with Crippen LogP contribution >= 0.6 is 0 Å². The first kappa shape index (κ1) is 47.1. The molecule has 0 radical (unpaired) electrons. The molecule has 238 valence electrons. The number of nitrogens with zero attached hydrogens (tertiary/aromatic N) is 2. The lowest BCUT2D eigenvalue weighted by molar-refractivity contribution is -0.923. The fourth-order valence-electron chi connectivity index (χ4n) is 3.24. The van der Waals surface area contributed by atoms with Gasteiger partial charge >= 0.3 is 11.0 Å². The van der Waals surface area contributed by atoms with Crippen LogP contribution in [-0.4, -0.2) is 98.3 Å². The third-order valence-corrected chi connectivity index (χ3v) is 7.12. The van der Waals surface area contributed by atoms with Crippen molar-refractivity contribution in [2.75, 3.05) is 52.4 Å². The van der Waals surface area contributed by atoms with E-state index in [0.29, 0.717) is 0 Å². The van der Waals surface area contributed by atoms with E-state index in [1.807, 2.05) is 0 Å². The Balaban J connectivity index is -0.000000125. The van der Waals surface area contributed by atoms with Crippen molar-refractivity contribution in [2.45, 2.75) is 79.2 Å². The Bertz CT molecular complexity index is 676. The molecule has 38 heavy (non-hydrogen) atoms. The summed E-state index contributed by atoms with van der Waals surface area (Å²) in [6, 6.07) is 0. The zero-order valence-electron chi connectivity index (χ0n) is 23.7. The topological polar surface area (TPSA) is 166 Å². The Hall–Kier alpha value is -0.760. The Morgan fingerprint density at radius 1 is 0.526 bits per heavy atom. The average molecular weight is 619 g/mol. The molecule has 0 rings (SSSR count). The van der Waals surface area contributed by atoms with Crippen LogP contribution in [0.4, 0.5) is 26.3 Å². The Labute approximate surface area is 225 Å². The first-order valence-corrected chi connectivity index (χ1v) is 14.9. The molecule has 0 fully saturated rings. The van der Waals surface area contributed by atoms with Crippen LogP contribution < -0.4 is 11.7 Å². The number of alkyl halides is 6. The van der Waals surface area contributed by atoms with Gasteiger partial charge in [-0.15, -0.1) is 0 Å². The second-order valence-electron chi connectivity index (χ2n) is 7.83. The van der Waals surface area contributed by atoms with Crippen LogP contribution in [0.3, 0.4) is 0 Å². The minimum atomic E-state index is -6.09. The zero-order chi connectivity index (χ0) is 32.1. The summed E-state index contributed by atoms with van der Waals surface area (Å²) in [5, 5.41) is 0. The van der Waals surface area contributed by atoms with Crippen molar-refractivity contribution >= 4 is 20.2 Å². The third-order valence-electron chi connectivity index (χ3n) is 5.99. The molecule has 0 aliphatic heterocycles. The molecule has 4 N–H and O–H groups in total. The number of hydrazine groups is 1. The summed E-state index contributed by atoms with van der Waals surface area (Å²) < 4.78 is 120. The minimum Gasteiger partial charge on any atom is -0.741 e. The maximum absolute atomic E-state index is 10.7. The smallest absolute Gasteiger partial charge is 0.485 e. The molecule has 18 heteroatoms. The highest BCUT2D eigenvalue weighted by atomic mass is 32.2. The molecule has 10 nitrogen and oxygen atoms in total. The molecule has 0 spiro atoms. The van der Waals surface area contributed by atoms with Gasteiger partial charge in [-0.25, -0.2) is 16.8 Å². The maximum atomic E-state index is 10.7. The van der Waals surface area contributed by atoms with Gasteiger partial charge in [-0.1, -0.05) is 13.8 Å². The predicted molar refractivity (Wildman–Crippen MR) is 134 cm³/mol. The monoisotopic (exact) mass is 618 g/mol. The lowest BCUT2D eigenvalue weighted by Gasteiger charge is -2.35. The third kappa shape index (κ3) is 22.1. The second kappa shape index (κ2) is 22.0. The van der Waals surface area contributed by atoms with E-state index in [9.17, 15) is 26.3 Å². The van der Waals surface area contributed by atoms with E-state index in [-0.39, 0.29) is 0 Å². The van der Waals surface area contributed by atoms with Crippen LogP contribution in [0.2, 0.25) is 0 Å². The lowest BCUT2D eigenvalue weighted by Crippen LogP contribution is -2.47. The Morgan fingerprint density at radius 3 is 0.684 bits per heavy atom. The van der Waals surface area contributed by atoms with E-state index in [1.165, 1.54) is 74.2 Å². The van der Waals surface area contributed by atoms with Gasteiger partial charge in [0.15, 0.2) is 20.2 Å². The number of halogens is 6. The lowest BCUT2D eigenvalue weighted by atomic mass is 10.3. The quantitative estimate of drug-likeness (QED) is 0.0938. The van der Waals surface area contributed by atoms with Gasteiger partial charge in [-0.2, -0.15) is 26.3 Å². The fourth-order valence-corrected chi connectivity index (χ4v) is 3.24. The van der Waals surface area contributed by atoms with Gasteiger partial charge in [0.05, 0.1) is 52.4 Å². The normalized spacial score (nSPS) is 12.4. The van der Waals surface area contributed by atoms with Crippen LogP contribution in [-0.2, 0) is 20.2 Å². The molecule has 0 aromatic carbocycles. The predicted octanol–water partition coefficient (Wildman–Crippen LogP) is 3.47. The van der Waals surface area contributed by atoms with E-state index >= 15 is 0 Å². The summed E-state index contributed by atoms with van der Waals surface area (Å²) in [5.74, 6) is 8.00. The molecule has 0 bridgehead atoms. The highest BCUT2D eigenvalue weighted by molar-refractivity contribution is 7.86. The van der Waals surface area contributed by atoms with Gasteiger partial charge < -0.3 is 18.1 Å². The molecule has 0 atom stereocenters. The Morgan fingerprint density at radius 2 is 0.658 bits per heavy atom.